The molecular formula is C15H18N2O. The van der Waals surface area contributed by atoms with E-state index in [0.29, 0.717) is 0 Å². The van der Waals surface area contributed by atoms with Gasteiger partial charge in [-0.15, -0.1) is 0 Å². The predicted octanol–water partition coefficient (Wildman–Crippen LogP) is 3.15. The minimum absolute atomic E-state index is 0.736. The Morgan fingerprint density at radius 1 is 1.28 bits per heavy atom. The number of aromatic nitrogens is 1. The Kier molecular flexibility index (Phi) is 3.15. The Morgan fingerprint density at radius 3 is 2.83 bits per heavy atom. The highest BCUT2D eigenvalue weighted by atomic mass is 16.5. The molecule has 0 radical (unpaired) electrons. The van der Waals surface area contributed by atoms with E-state index in [1.54, 1.807) is 0 Å². The van der Waals surface area contributed by atoms with Crippen LogP contribution in [0.5, 0.6) is 0 Å². The van der Waals surface area contributed by atoms with Crippen molar-refractivity contribution < 1.29 is 4.52 Å². The van der Waals surface area contributed by atoms with Crippen LogP contribution >= 0.6 is 0 Å². The first-order valence-corrected chi connectivity index (χ1v) is 6.53. The van der Waals surface area contributed by atoms with Crippen LogP contribution in [-0.2, 0) is 13.1 Å². The molecule has 3 heteroatoms. The molecule has 1 aromatic carbocycles. The van der Waals surface area contributed by atoms with E-state index in [4.69, 9.17) is 4.52 Å². The van der Waals surface area contributed by atoms with Gasteiger partial charge in [-0.2, -0.15) is 0 Å². The second-order valence-electron chi connectivity index (χ2n) is 5.01. The van der Waals surface area contributed by atoms with Gasteiger partial charge < -0.3 is 9.84 Å². The van der Waals surface area contributed by atoms with Crippen LogP contribution in [0.2, 0.25) is 0 Å². The summed E-state index contributed by atoms with van der Waals surface area (Å²) in [6.07, 6.45) is 2.69. The zero-order valence-corrected chi connectivity index (χ0v) is 10.6. The van der Waals surface area contributed by atoms with Crippen molar-refractivity contribution >= 4 is 0 Å². The lowest BCUT2D eigenvalue weighted by Crippen LogP contribution is -2.13. The first-order valence-electron chi connectivity index (χ1n) is 6.53. The van der Waals surface area contributed by atoms with Crippen LogP contribution in [0.1, 0.15) is 41.3 Å². The van der Waals surface area contributed by atoms with Gasteiger partial charge >= 0.3 is 0 Å². The molecule has 1 heterocycles. The van der Waals surface area contributed by atoms with Crippen LogP contribution in [0.25, 0.3) is 0 Å². The zero-order chi connectivity index (χ0) is 12.4. The summed E-state index contributed by atoms with van der Waals surface area (Å²) in [4.78, 5) is 0. The fraction of sp³-hybridized carbons (Fsp3) is 0.400. The van der Waals surface area contributed by atoms with Gasteiger partial charge in [-0.25, -0.2) is 0 Å². The number of nitrogens with zero attached hydrogens (tertiary/aromatic N) is 1. The molecule has 2 aromatic rings. The molecule has 1 N–H and O–H groups in total. The van der Waals surface area contributed by atoms with Crippen molar-refractivity contribution in [2.45, 2.75) is 38.8 Å². The number of hydrogen-bond acceptors (Lipinski definition) is 3. The fourth-order valence-corrected chi connectivity index (χ4v) is 2.31. The molecule has 1 aliphatic carbocycles. The van der Waals surface area contributed by atoms with E-state index in [1.807, 2.05) is 13.0 Å². The predicted molar refractivity (Wildman–Crippen MR) is 70.2 cm³/mol. The molecule has 0 saturated heterocycles. The average Bonchev–Trinajstić information content (AvgIpc) is 3.14. The van der Waals surface area contributed by atoms with E-state index in [0.717, 1.165) is 30.5 Å². The maximum absolute atomic E-state index is 5.18. The van der Waals surface area contributed by atoms with Crippen LogP contribution in [0.15, 0.2) is 34.9 Å². The molecule has 1 aromatic heterocycles. The van der Waals surface area contributed by atoms with Crippen LogP contribution in [0, 0.1) is 6.92 Å². The SMILES string of the molecule is Cc1cc(CNCc2ccccc2C2CC2)on1. The maximum atomic E-state index is 5.18. The Morgan fingerprint density at radius 2 is 2.11 bits per heavy atom. The first-order chi connectivity index (χ1) is 8.83. The number of rotatable bonds is 5. The Bertz CT molecular complexity index is 529. The number of nitrogens with one attached hydrogen (secondary N) is 1. The van der Waals surface area contributed by atoms with Gasteiger partial charge in [-0.1, -0.05) is 29.4 Å². The third-order valence-corrected chi connectivity index (χ3v) is 3.36. The summed E-state index contributed by atoms with van der Waals surface area (Å²) in [6.45, 7) is 3.57. The van der Waals surface area contributed by atoms with Crippen molar-refractivity contribution in [2.24, 2.45) is 0 Å². The molecule has 1 aliphatic rings. The summed E-state index contributed by atoms with van der Waals surface area (Å²) < 4.78 is 5.18. The molecule has 18 heavy (non-hydrogen) atoms. The quantitative estimate of drug-likeness (QED) is 0.875. The number of hydrogen-bond donors (Lipinski definition) is 1. The molecule has 0 unspecified atom stereocenters. The largest absolute Gasteiger partial charge is 0.360 e. The van der Waals surface area contributed by atoms with Crippen molar-refractivity contribution in [1.29, 1.82) is 0 Å². The zero-order valence-electron chi connectivity index (χ0n) is 10.6. The highest BCUT2D eigenvalue weighted by Crippen LogP contribution is 2.41. The Labute approximate surface area is 107 Å². The summed E-state index contributed by atoms with van der Waals surface area (Å²) in [5.41, 5.74) is 3.86. The minimum atomic E-state index is 0.736. The second kappa shape index (κ2) is 4.94. The smallest absolute Gasteiger partial charge is 0.150 e. The topological polar surface area (TPSA) is 38.1 Å². The lowest BCUT2D eigenvalue weighted by Gasteiger charge is -2.08. The van der Waals surface area contributed by atoms with E-state index >= 15 is 0 Å². The maximum Gasteiger partial charge on any atom is 0.150 e. The molecule has 0 atom stereocenters. The molecule has 0 aliphatic heterocycles. The molecular weight excluding hydrogens is 224 g/mol. The third-order valence-electron chi connectivity index (χ3n) is 3.36. The van der Waals surface area contributed by atoms with Crippen molar-refractivity contribution in [2.75, 3.05) is 0 Å². The molecule has 0 amide bonds. The van der Waals surface area contributed by atoms with E-state index < -0.39 is 0 Å². The van der Waals surface area contributed by atoms with Crippen molar-refractivity contribution in [1.82, 2.24) is 10.5 Å². The normalized spacial score (nSPS) is 14.9. The fourth-order valence-electron chi connectivity index (χ4n) is 2.31. The van der Waals surface area contributed by atoms with E-state index in [9.17, 15) is 0 Å². The first kappa shape index (κ1) is 11.5. The number of benzene rings is 1. The highest BCUT2D eigenvalue weighted by molar-refractivity contribution is 5.33. The van der Waals surface area contributed by atoms with Crippen molar-refractivity contribution in [3.05, 3.63) is 52.9 Å². The van der Waals surface area contributed by atoms with Crippen molar-refractivity contribution in [3.63, 3.8) is 0 Å². The van der Waals surface area contributed by atoms with Gasteiger partial charge in [0.25, 0.3) is 0 Å². The molecule has 1 saturated carbocycles. The summed E-state index contributed by atoms with van der Waals surface area (Å²) in [5, 5.41) is 7.30. The lowest BCUT2D eigenvalue weighted by molar-refractivity contribution is 0.369. The van der Waals surface area contributed by atoms with Crippen molar-refractivity contribution in [3.8, 4) is 0 Å². The molecule has 0 spiro atoms. The van der Waals surface area contributed by atoms with Gasteiger partial charge in [-0.3, -0.25) is 0 Å². The molecule has 1 fully saturated rings. The van der Waals surface area contributed by atoms with Gasteiger partial charge in [0.2, 0.25) is 0 Å². The van der Waals surface area contributed by atoms with E-state index in [-0.39, 0.29) is 0 Å². The molecule has 3 nitrogen and oxygen atoms in total. The van der Waals surface area contributed by atoms with E-state index in [2.05, 4.69) is 34.7 Å². The van der Waals surface area contributed by atoms with Gasteiger partial charge in [-0.05, 0) is 36.8 Å². The average molecular weight is 242 g/mol. The molecule has 0 bridgehead atoms. The van der Waals surface area contributed by atoms with Gasteiger partial charge in [0, 0.05) is 12.6 Å². The lowest BCUT2D eigenvalue weighted by atomic mass is 10.0. The molecule has 94 valence electrons. The summed E-state index contributed by atoms with van der Waals surface area (Å²) in [7, 11) is 0. The van der Waals surface area contributed by atoms with Crippen LogP contribution in [-0.4, -0.2) is 5.16 Å². The van der Waals surface area contributed by atoms with Crippen LogP contribution < -0.4 is 5.32 Å². The third kappa shape index (κ3) is 2.62. The summed E-state index contributed by atoms with van der Waals surface area (Å²) in [6, 6.07) is 10.7. The van der Waals surface area contributed by atoms with E-state index in [1.165, 1.54) is 24.0 Å². The van der Waals surface area contributed by atoms with Gasteiger partial charge in [0.05, 0.1) is 12.2 Å². The van der Waals surface area contributed by atoms with Crippen LogP contribution in [0.3, 0.4) is 0 Å². The monoisotopic (exact) mass is 242 g/mol. The minimum Gasteiger partial charge on any atom is -0.360 e. The Hall–Kier alpha value is -1.61. The van der Waals surface area contributed by atoms with Gasteiger partial charge in [0.1, 0.15) is 0 Å². The summed E-state index contributed by atoms with van der Waals surface area (Å²) >= 11 is 0. The Balaban J connectivity index is 1.59. The standard InChI is InChI=1S/C15H18N2O/c1-11-8-14(18-17-11)10-16-9-13-4-2-3-5-15(13)12-6-7-12/h2-5,8,12,16H,6-7,9-10H2,1H3. The molecule has 3 rings (SSSR count). The van der Waals surface area contributed by atoms with Gasteiger partial charge in [0.15, 0.2) is 5.76 Å². The summed E-state index contributed by atoms with van der Waals surface area (Å²) in [5.74, 6) is 1.70. The van der Waals surface area contributed by atoms with Crippen LogP contribution in [0.4, 0.5) is 0 Å². The highest BCUT2D eigenvalue weighted by Gasteiger charge is 2.25. The second-order valence-corrected chi connectivity index (χ2v) is 5.01. The number of aryl methyl sites for hydroxylation is 1.